The van der Waals surface area contributed by atoms with Crippen LogP contribution in [-0.2, 0) is 0 Å². The summed E-state index contributed by atoms with van der Waals surface area (Å²) >= 11 is 3.04. The second-order valence-electron chi connectivity index (χ2n) is 3.41. The average molecular weight is 308 g/mol. The molecule has 0 fully saturated rings. The summed E-state index contributed by atoms with van der Waals surface area (Å²) in [6.07, 6.45) is 1.37. The van der Waals surface area contributed by atoms with Crippen molar-refractivity contribution in [1.82, 2.24) is 4.98 Å². The third-order valence-electron chi connectivity index (χ3n) is 2.10. The number of rotatable bonds is 2. The Hall–Kier alpha value is -2.13. The van der Waals surface area contributed by atoms with Gasteiger partial charge in [0.25, 0.3) is 0 Å². The second kappa shape index (κ2) is 5.02. The van der Waals surface area contributed by atoms with Gasteiger partial charge in [-0.2, -0.15) is 5.26 Å². The van der Waals surface area contributed by atoms with Crippen LogP contribution in [-0.4, -0.2) is 4.98 Å². The number of aromatic nitrogens is 1. The summed E-state index contributed by atoms with van der Waals surface area (Å²) in [5.74, 6) is -0.112. The Balaban J connectivity index is 2.34. The Kier molecular flexibility index (Phi) is 3.44. The summed E-state index contributed by atoms with van der Waals surface area (Å²) in [4.78, 5) is 3.89. The number of ether oxygens (including phenoxy) is 1. The van der Waals surface area contributed by atoms with Crippen molar-refractivity contribution < 1.29 is 9.13 Å². The van der Waals surface area contributed by atoms with Gasteiger partial charge in [-0.05, 0) is 34.1 Å². The van der Waals surface area contributed by atoms with E-state index in [2.05, 4.69) is 20.9 Å². The molecule has 6 heteroatoms. The molecule has 0 saturated carbocycles. The third kappa shape index (κ3) is 2.57. The molecule has 0 unspecified atom stereocenters. The lowest BCUT2D eigenvalue weighted by molar-refractivity contribution is 0.456. The summed E-state index contributed by atoms with van der Waals surface area (Å²) in [7, 11) is 0. The molecule has 0 aliphatic rings. The van der Waals surface area contributed by atoms with Crippen LogP contribution in [0.3, 0.4) is 0 Å². The van der Waals surface area contributed by atoms with Crippen molar-refractivity contribution in [3.8, 4) is 17.7 Å². The van der Waals surface area contributed by atoms with Gasteiger partial charge in [-0.25, -0.2) is 9.37 Å². The first-order chi connectivity index (χ1) is 8.60. The number of nitrogens with zero attached hydrogens (tertiary/aromatic N) is 2. The fourth-order valence-corrected chi connectivity index (χ4v) is 1.53. The van der Waals surface area contributed by atoms with Crippen molar-refractivity contribution >= 4 is 21.6 Å². The molecule has 0 bridgehead atoms. The number of nitriles is 1. The molecule has 2 aromatic rings. The lowest BCUT2D eigenvalue weighted by Gasteiger charge is -2.07. The molecule has 1 aromatic heterocycles. The third-order valence-corrected chi connectivity index (χ3v) is 2.74. The molecular weight excluding hydrogens is 301 g/mol. The van der Waals surface area contributed by atoms with Crippen LogP contribution in [0.15, 0.2) is 34.9 Å². The molecule has 1 aromatic carbocycles. The van der Waals surface area contributed by atoms with E-state index in [4.69, 9.17) is 15.7 Å². The Bertz CT molecular complexity index is 640. The van der Waals surface area contributed by atoms with Crippen LogP contribution in [0.2, 0.25) is 0 Å². The molecule has 2 N–H and O–H groups in total. The van der Waals surface area contributed by atoms with Crippen molar-refractivity contribution in [2.75, 3.05) is 5.73 Å². The molecule has 0 saturated heterocycles. The number of pyridine rings is 1. The highest BCUT2D eigenvalue weighted by Gasteiger charge is 2.08. The molecule has 0 aliphatic carbocycles. The number of nitrogens with two attached hydrogens (primary N) is 1. The summed E-state index contributed by atoms with van der Waals surface area (Å²) in [5, 5.41) is 8.91. The first-order valence-corrected chi connectivity index (χ1v) is 5.68. The summed E-state index contributed by atoms with van der Waals surface area (Å²) in [5.41, 5.74) is 6.06. The van der Waals surface area contributed by atoms with E-state index in [1.54, 1.807) is 6.07 Å². The predicted molar refractivity (Wildman–Crippen MR) is 67.5 cm³/mol. The molecule has 1 heterocycles. The van der Waals surface area contributed by atoms with Gasteiger partial charge in [-0.1, -0.05) is 0 Å². The number of nitrogen functional groups attached to an aromatic ring is 1. The highest BCUT2D eigenvalue weighted by atomic mass is 79.9. The van der Waals surface area contributed by atoms with Gasteiger partial charge in [-0.3, -0.25) is 0 Å². The second-order valence-corrected chi connectivity index (χ2v) is 4.27. The minimum Gasteiger partial charge on any atom is -0.438 e. The Morgan fingerprint density at radius 3 is 2.83 bits per heavy atom. The largest absolute Gasteiger partial charge is 0.438 e. The van der Waals surface area contributed by atoms with Crippen LogP contribution in [0.4, 0.5) is 10.1 Å². The normalized spacial score (nSPS) is 9.83. The molecule has 4 nitrogen and oxygen atoms in total. The lowest BCUT2D eigenvalue weighted by Crippen LogP contribution is -1.95. The van der Waals surface area contributed by atoms with E-state index in [0.29, 0.717) is 10.2 Å². The first-order valence-electron chi connectivity index (χ1n) is 4.88. The van der Waals surface area contributed by atoms with E-state index in [9.17, 15) is 4.39 Å². The zero-order valence-electron chi connectivity index (χ0n) is 9.02. The number of halogens is 2. The molecule has 0 atom stereocenters. The van der Waals surface area contributed by atoms with E-state index < -0.39 is 5.82 Å². The summed E-state index contributed by atoms with van der Waals surface area (Å²) < 4.78 is 19.0. The van der Waals surface area contributed by atoms with E-state index >= 15 is 0 Å². The van der Waals surface area contributed by atoms with Crippen molar-refractivity contribution in [3.05, 3.63) is 46.3 Å². The average Bonchev–Trinajstić information content (AvgIpc) is 2.36. The topological polar surface area (TPSA) is 71.9 Å². The molecule has 18 heavy (non-hydrogen) atoms. The van der Waals surface area contributed by atoms with Gasteiger partial charge in [0.05, 0.1) is 16.4 Å². The maximum atomic E-state index is 13.3. The van der Waals surface area contributed by atoms with E-state index in [1.807, 2.05) is 6.07 Å². The van der Waals surface area contributed by atoms with Crippen LogP contribution in [0, 0.1) is 17.1 Å². The van der Waals surface area contributed by atoms with Gasteiger partial charge in [0, 0.05) is 6.07 Å². The molecule has 0 spiro atoms. The smallest absolute Gasteiger partial charge is 0.237 e. The van der Waals surface area contributed by atoms with Gasteiger partial charge >= 0.3 is 0 Å². The minimum atomic E-state index is -0.457. The molecule has 0 radical (unpaired) electrons. The van der Waals surface area contributed by atoms with Crippen molar-refractivity contribution in [3.63, 3.8) is 0 Å². The van der Waals surface area contributed by atoms with Gasteiger partial charge in [0.1, 0.15) is 23.2 Å². The van der Waals surface area contributed by atoms with Gasteiger partial charge in [0.2, 0.25) is 5.88 Å². The van der Waals surface area contributed by atoms with Crippen LogP contribution >= 0.6 is 15.9 Å². The molecule has 2 rings (SSSR count). The van der Waals surface area contributed by atoms with Crippen LogP contribution in [0.1, 0.15) is 5.56 Å². The highest BCUT2D eigenvalue weighted by Crippen LogP contribution is 2.27. The molecule has 0 amide bonds. The maximum Gasteiger partial charge on any atom is 0.237 e. The predicted octanol–water partition coefficient (Wildman–Crippen LogP) is 3.23. The Morgan fingerprint density at radius 1 is 1.39 bits per heavy atom. The monoisotopic (exact) mass is 307 g/mol. The number of anilines is 1. The quantitative estimate of drug-likeness (QED) is 0.924. The maximum absolute atomic E-state index is 13.3. The van der Waals surface area contributed by atoms with E-state index in [0.717, 1.165) is 0 Å². The zero-order valence-corrected chi connectivity index (χ0v) is 10.6. The van der Waals surface area contributed by atoms with Crippen molar-refractivity contribution in [1.29, 1.82) is 5.26 Å². The standard InChI is InChI=1S/C12H7BrFN3O/c13-10-2-1-9(4-11(10)14)18-12-7(5-15)3-8(16)6-17-12/h1-4,6H,16H2. The van der Waals surface area contributed by atoms with Crippen molar-refractivity contribution in [2.45, 2.75) is 0 Å². The van der Waals surface area contributed by atoms with Crippen LogP contribution < -0.4 is 10.5 Å². The van der Waals surface area contributed by atoms with E-state index in [-0.39, 0.29) is 17.2 Å². The summed E-state index contributed by atoms with van der Waals surface area (Å²) in [6, 6.07) is 7.62. The van der Waals surface area contributed by atoms with Crippen LogP contribution in [0.25, 0.3) is 0 Å². The van der Waals surface area contributed by atoms with Gasteiger partial charge in [-0.15, -0.1) is 0 Å². The fourth-order valence-electron chi connectivity index (χ4n) is 1.28. The Morgan fingerprint density at radius 2 is 2.17 bits per heavy atom. The SMILES string of the molecule is N#Cc1cc(N)cnc1Oc1ccc(Br)c(F)c1. The van der Waals surface area contributed by atoms with E-state index in [1.165, 1.54) is 24.4 Å². The fraction of sp³-hybridized carbons (Fsp3) is 0. The summed E-state index contributed by atoms with van der Waals surface area (Å²) in [6.45, 7) is 0. The number of hydrogen-bond acceptors (Lipinski definition) is 4. The number of hydrogen-bond donors (Lipinski definition) is 1. The molecule has 0 aliphatic heterocycles. The first kappa shape index (κ1) is 12.3. The Labute approximate surface area is 111 Å². The van der Waals surface area contributed by atoms with Gasteiger partial charge < -0.3 is 10.5 Å². The molecular formula is C12H7BrFN3O. The van der Waals surface area contributed by atoms with Crippen LogP contribution in [0.5, 0.6) is 11.6 Å². The van der Waals surface area contributed by atoms with Gasteiger partial charge in [0.15, 0.2) is 0 Å². The lowest BCUT2D eigenvalue weighted by atomic mass is 10.2. The molecule has 90 valence electrons. The number of benzene rings is 1. The highest BCUT2D eigenvalue weighted by molar-refractivity contribution is 9.10. The zero-order chi connectivity index (χ0) is 13.1. The minimum absolute atomic E-state index is 0.0911. The van der Waals surface area contributed by atoms with Crippen molar-refractivity contribution in [2.24, 2.45) is 0 Å².